The van der Waals surface area contributed by atoms with Gasteiger partial charge < -0.3 is 5.32 Å². The molecule has 3 rings (SSSR count). The van der Waals surface area contributed by atoms with Crippen LogP contribution in [0, 0.1) is 0 Å². The van der Waals surface area contributed by atoms with Gasteiger partial charge in [0.25, 0.3) is 5.91 Å². The Morgan fingerprint density at radius 2 is 1.63 bits per heavy atom. The van der Waals surface area contributed by atoms with E-state index < -0.39 is 15.9 Å². The molecule has 0 unspecified atom stereocenters. The second-order valence-electron chi connectivity index (χ2n) is 7.04. The number of hydrogen-bond acceptors (Lipinski definition) is 5. The molecule has 8 nitrogen and oxygen atoms in total. The number of hydrogen-bond donors (Lipinski definition) is 2. The van der Waals surface area contributed by atoms with Crippen LogP contribution in [0.25, 0.3) is 0 Å². The summed E-state index contributed by atoms with van der Waals surface area (Å²) in [6.07, 6.45) is 1.69. The largest absolute Gasteiger partial charge is 0.326 e. The molecular formula is C21H24N4O4S. The van der Waals surface area contributed by atoms with E-state index in [9.17, 15) is 18.0 Å². The first-order chi connectivity index (χ1) is 14.3. The molecule has 1 heterocycles. The second kappa shape index (κ2) is 9.19. The zero-order valence-corrected chi connectivity index (χ0v) is 17.7. The Labute approximate surface area is 176 Å². The van der Waals surface area contributed by atoms with Gasteiger partial charge in [-0.1, -0.05) is 18.2 Å². The van der Waals surface area contributed by atoms with Crippen LogP contribution in [-0.2, 0) is 14.8 Å². The molecule has 158 valence electrons. The average Bonchev–Trinajstić information content (AvgIpc) is 3.27. The van der Waals surface area contributed by atoms with Gasteiger partial charge in [0.2, 0.25) is 15.9 Å². The van der Waals surface area contributed by atoms with E-state index in [1.807, 2.05) is 0 Å². The highest BCUT2D eigenvalue weighted by Crippen LogP contribution is 2.21. The fourth-order valence-corrected chi connectivity index (χ4v) is 4.73. The van der Waals surface area contributed by atoms with Gasteiger partial charge in [0.05, 0.1) is 10.6 Å². The first-order valence-corrected chi connectivity index (χ1v) is 11.0. The van der Waals surface area contributed by atoms with Gasteiger partial charge in [0, 0.05) is 31.3 Å². The molecule has 0 saturated carbocycles. The number of benzene rings is 2. The summed E-state index contributed by atoms with van der Waals surface area (Å²) < 4.78 is 26.8. The Morgan fingerprint density at radius 1 is 0.967 bits per heavy atom. The maximum Gasteiger partial charge on any atom is 0.271 e. The summed E-state index contributed by atoms with van der Waals surface area (Å²) >= 11 is 0. The van der Waals surface area contributed by atoms with Crippen LogP contribution in [0.2, 0.25) is 0 Å². The van der Waals surface area contributed by atoms with E-state index in [4.69, 9.17) is 0 Å². The quantitative estimate of drug-likeness (QED) is 0.544. The lowest BCUT2D eigenvalue weighted by Crippen LogP contribution is -2.28. The lowest BCUT2D eigenvalue weighted by Gasteiger charge is -2.15. The zero-order valence-electron chi connectivity index (χ0n) is 16.9. The second-order valence-corrected chi connectivity index (χ2v) is 8.98. The average molecular weight is 429 g/mol. The van der Waals surface area contributed by atoms with E-state index in [0.29, 0.717) is 24.5 Å². The molecule has 0 aliphatic carbocycles. The van der Waals surface area contributed by atoms with Gasteiger partial charge in [0.1, 0.15) is 0 Å². The van der Waals surface area contributed by atoms with E-state index in [2.05, 4.69) is 15.8 Å². The molecule has 2 N–H and O–H groups in total. The number of carbonyl (C=O) groups is 2. The predicted molar refractivity (Wildman–Crippen MR) is 115 cm³/mol. The molecule has 9 heteroatoms. The van der Waals surface area contributed by atoms with Crippen molar-refractivity contribution in [1.29, 1.82) is 0 Å². The molecule has 0 atom stereocenters. The van der Waals surface area contributed by atoms with Crippen LogP contribution in [0.3, 0.4) is 0 Å². The first kappa shape index (κ1) is 21.7. The minimum Gasteiger partial charge on any atom is -0.326 e. The summed E-state index contributed by atoms with van der Waals surface area (Å²) in [4.78, 5) is 23.8. The van der Waals surface area contributed by atoms with Crippen LogP contribution in [0.1, 0.15) is 42.6 Å². The first-order valence-electron chi connectivity index (χ1n) is 9.60. The van der Waals surface area contributed by atoms with Crippen molar-refractivity contribution < 1.29 is 18.0 Å². The number of hydrazone groups is 1. The number of sulfonamides is 1. The monoisotopic (exact) mass is 428 g/mol. The highest BCUT2D eigenvalue weighted by atomic mass is 32.2. The summed E-state index contributed by atoms with van der Waals surface area (Å²) in [5.41, 5.74) is 4.56. The van der Waals surface area contributed by atoms with Gasteiger partial charge in [-0.3, -0.25) is 9.59 Å². The predicted octanol–water partition coefficient (Wildman–Crippen LogP) is 2.58. The number of amides is 2. The molecule has 2 aromatic rings. The number of rotatable bonds is 6. The van der Waals surface area contributed by atoms with Gasteiger partial charge in [0.15, 0.2) is 0 Å². The van der Waals surface area contributed by atoms with E-state index in [0.717, 1.165) is 18.4 Å². The smallest absolute Gasteiger partial charge is 0.271 e. The lowest BCUT2D eigenvalue weighted by atomic mass is 10.1. The minimum absolute atomic E-state index is 0.0979. The van der Waals surface area contributed by atoms with Gasteiger partial charge in [-0.25, -0.2) is 13.8 Å². The topological polar surface area (TPSA) is 108 Å². The number of anilines is 1. The number of carbonyl (C=O) groups excluding carboxylic acids is 2. The Balaban J connectivity index is 1.74. The molecule has 2 aromatic carbocycles. The summed E-state index contributed by atoms with van der Waals surface area (Å²) in [5, 5.41) is 6.80. The molecule has 2 amide bonds. The van der Waals surface area contributed by atoms with Crippen molar-refractivity contribution in [2.24, 2.45) is 5.10 Å². The highest BCUT2D eigenvalue weighted by molar-refractivity contribution is 7.89. The van der Waals surface area contributed by atoms with Crippen LogP contribution in [0.4, 0.5) is 5.69 Å². The number of nitrogens with zero attached hydrogens (tertiary/aromatic N) is 2. The number of nitrogens with one attached hydrogen (secondary N) is 2. The fraction of sp³-hybridized carbons (Fsp3) is 0.286. The minimum atomic E-state index is -3.60. The maximum absolute atomic E-state index is 12.7. The molecule has 1 fully saturated rings. The Morgan fingerprint density at radius 3 is 2.33 bits per heavy atom. The molecule has 1 aliphatic heterocycles. The third kappa shape index (κ3) is 5.11. The molecule has 0 aromatic heterocycles. The fourth-order valence-electron chi connectivity index (χ4n) is 3.16. The van der Waals surface area contributed by atoms with Crippen molar-refractivity contribution in [3.8, 4) is 0 Å². The maximum atomic E-state index is 12.7. The van der Waals surface area contributed by atoms with E-state index >= 15 is 0 Å². The molecular weight excluding hydrogens is 404 g/mol. The van der Waals surface area contributed by atoms with Crippen molar-refractivity contribution in [2.75, 3.05) is 18.4 Å². The molecule has 1 aliphatic rings. The van der Waals surface area contributed by atoms with Gasteiger partial charge in [-0.05, 0) is 55.7 Å². The normalized spacial score (nSPS) is 15.1. The van der Waals surface area contributed by atoms with Crippen molar-refractivity contribution in [1.82, 2.24) is 9.73 Å². The summed E-state index contributed by atoms with van der Waals surface area (Å²) in [7, 11) is -3.60. The van der Waals surface area contributed by atoms with Gasteiger partial charge in [-0.15, -0.1) is 0 Å². The van der Waals surface area contributed by atoms with E-state index in [1.165, 1.54) is 23.4 Å². The van der Waals surface area contributed by atoms with Crippen molar-refractivity contribution in [3.05, 3.63) is 59.7 Å². The lowest BCUT2D eigenvalue weighted by molar-refractivity contribution is -0.114. The van der Waals surface area contributed by atoms with Crippen LogP contribution in [0.15, 0.2) is 58.5 Å². The third-order valence-corrected chi connectivity index (χ3v) is 6.62. The van der Waals surface area contributed by atoms with Crippen molar-refractivity contribution in [3.63, 3.8) is 0 Å². The molecule has 30 heavy (non-hydrogen) atoms. The molecule has 0 bridgehead atoms. The van der Waals surface area contributed by atoms with Crippen LogP contribution >= 0.6 is 0 Å². The SMILES string of the molecule is CC(=O)Nc1cccc(/C(C)=N\NC(=O)c2cccc(S(=O)(=O)N3CCCC3)c2)c1. The van der Waals surface area contributed by atoms with Gasteiger partial charge in [-0.2, -0.15) is 9.41 Å². The van der Waals surface area contributed by atoms with E-state index in [-0.39, 0.29) is 16.4 Å². The van der Waals surface area contributed by atoms with E-state index in [1.54, 1.807) is 43.3 Å². The summed E-state index contributed by atoms with van der Waals surface area (Å²) in [6, 6.07) is 13.0. The Hall–Kier alpha value is -3.04. The van der Waals surface area contributed by atoms with Crippen LogP contribution < -0.4 is 10.7 Å². The Kier molecular flexibility index (Phi) is 6.63. The molecule has 0 radical (unpaired) electrons. The van der Waals surface area contributed by atoms with Crippen molar-refractivity contribution >= 4 is 33.2 Å². The Bertz CT molecular complexity index is 1090. The molecule has 0 spiro atoms. The highest BCUT2D eigenvalue weighted by Gasteiger charge is 2.27. The van der Waals surface area contributed by atoms with Crippen LogP contribution in [0.5, 0.6) is 0 Å². The third-order valence-electron chi connectivity index (χ3n) is 4.72. The molecule has 1 saturated heterocycles. The summed E-state index contributed by atoms with van der Waals surface area (Å²) in [5.74, 6) is -0.690. The standard InChI is InChI=1S/C21H24N4O4S/c1-15(17-7-5-9-19(13-17)22-16(2)26)23-24-21(27)18-8-6-10-20(14-18)30(28,29)25-11-3-4-12-25/h5-10,13-14H,3-4,11-12H2,1-2H3,(H,22,26)(H,24,27)/b23-15-. The zero-order chi connectivity index (χ0) is 21.7. The van der Waals surface area contributed by atoms with Crippen LogP contribution in [-0.4, -0.2) is 43.3 Å². The summed E-state index contributed by atoms with van der Waals surface area (Å²) in [6.45, 7) is 4.15. The van der Waals surface area contributed by atoms with Crippen molar-refractivity contribution in [2.45, 2.75) is 31.6 Å². The van der Waals surface area contributed by atoms with Gasteiger partial charge >= 0.3 is 0 Å².